The van der Waals surface area contributed by atoms with Crippen LogP contribution in [0.2, 0.25) is 0 Å². The summed E-state index contributed by atoms with van der Waals surface area (Å²) in [5, 5.41) is 10.7. The number of hydrogen-bond donors (Lipinski definition) is 2. The van der Waals surface area contributed by atoms with E-state index < -0.39 is 0 Å². The average molecular weight is 546 g/mol. The number of carbonyl (C=O) groups excluding carboxylic acids is 1. The number of ether oxygens (including phenoxy) is 2. The number of nitrogens with zero attached hydrogens (tertiary/aromatic N) is 3. The summed E-state index contributed by atoms with van der Waals surface area (Å²) in [6.07, 6.45) is 0. The van der Waals surface area contributed by atoms with E-state index in [9.17, 15) is 9.18 Å². The molecule has 2 unspecified atom stereocenters. The smallest absolute Gasteiger partial charge is 0.320 e. The van der Waals surface area contributed by atoms with Gasteiger partial charge in [-0.25, -0.2) is 13.9 Å². The number of hydrogen-bond acceptors (Lipinski definition) is 5. The van der Waals surface area contributed by atoms with Gasteiger partial charge >= 0.3 is 6.03 Å². The predicted octanol–water partition coefficient (Wildman–Crippen LogP) is 4.16. The molecule has 186 valence electrons. The Kier molecular flexibility index (Phi) is 8.50. The molecular formula is C25H29BrFN5O3. The lowest BCUT2D eigenvalue weighted by Gasteiger charge is -2.21. The fourth-order valence-electron chi connectivity index (χ4n) is 4.33. The third kappa shape index (κ3) is 6.07. The first-order valence-electron chi connectivity index (χ1n) is 11.4. The Morgan fingerprint density at radius 3 is 2.54 bits per heavy atom. The molecular weight excluding hydrogens is 517 g/mol. The number of nitrogens with one attached hydrogen (secondary N) is 2. The van der Waals surface area contributed by atoms with Gasteiger partial charge in [0.2, 0.25) is 0 Å². The van der Waals surface area contributed by atoms with Gasteiger partial charge in [-0.15, -0.1) is 0 Å². The van der Waals surface area contributed by atoms with Gasteiger partial charge in [-0.1, -0.05) is 30.3 Å². The van der Waals surface area contributed by atoms with Crippen molar-refractivity contribution in [3.05, 3.63) is 76.1 Å². The van der Waals surface area contributed by atoms with Crippen LogP contribution in [0.25, 0.3) is 5.69 Å². The predicted molar refractivity (Wildman–Crippen MR) is 135 cm³/mol. The Balaban J connectivity index is 1.55. The number of anilines is 1. The van der Waals surface area contributed by atoms with Crippen LogP contribution in [-0.2, 0) is 16.1 Å². The molecule has 1 aromatic heterocycles. The standard InChI is InChI=1S/C25H29BrFN5O3/c1-34-13-12-31-14-20(17-8-10-18(27)11-9-17)21(15-31)28-25(33)29-24-23(26)22(16-35-2)30-32(24)19-6-4-3-5-7-19/h3-11,20-21H,12-16H2,1-2H3,(H2,28,29,33). The molecule has 1 fully saturated rings. The largest absolute Gasteiger partial charge is 0.383 e. The van der Waals surface area contributed by atoms with E-state index in [-0.39, 0.29) is 23.8 Å². The first-order chi connectivity index (χ1) is 17.0. The molecule has 1 saturated heterocycles. The van der Waals surface area contributed by atoms with Gasteiger partial charge < -0.3 is 14.8 Å². The number of benzene rings is 2. The number of amides is 2. The molecule has 1 aliphatic rings. The first kappa shape index (κ1) is 25.3. The van der Waals surface area contributed by atoms with Gasteiger partial charge in [-0.2, -0.15) is 5.10 Å². The summed E-state index contributed by atoms with van der Waals surface area (Å²) in [6, 6.07) is 15.5. The number of para-hydroxylation sites is 1. The minimum Gasteiger partial charge on any atom is -0.383 e. The topological polar surface area (TPSA) is 80.7 Å². The molecule has 10 heteroatoms. The summed E-state index contributed by atoms with van der Waals surface area (Å²) >= 11 is 3.57. The van der Waals surface area contributed by atoms with Crippen LogP contribution in [0.5, 0.6) is 0 Å². The van der Waals surface area contributed by atoms with Crippen LogP contribution in [-0.4, -0.2) is 67.2 Å². The fraction of sp³-hybridized carbons (Fsp3) is 0.360. The highest BCUT2D eigenvalue weighted by molar-refractivity contribution is 9.10. The van der Waals surface area contributed by atoms with Crippen molar-refractivity contribution in [1.82, 2.24) is 20.0 Å². The molecule has 1 aliphatic heterocycles. The van der Waals surface area contributed by atoms with Crippen molar-refractivity contribution in [2.45, 2.75) is 18.6 Å². The minimum absolute atomic E-state index is 0.0183. The van der Waals surface area contributed by atoms with Crippen LogP contribution >= 0.6 is 15.9 Å². The maximum Gasteiger partial charge on any atom is 0.320 e. The highest BCUT2D eigenvalue weighted by atomic mass is 79.9. The fourth-order valence-corrected chi connectivity index (χ4v) is 4.79. The quantitative estimate of drug-likeness (QED) is 0.422. The van der Waals surface area contributed by atoms with E-state index in [0.717, 1.165) is 24.3 Å². The Labute approximate surface area is 212 Å². The summed E-state index contributed by atoms with van der Waals surface area (Å²) in [4.78, 5) is 15.4. The van der Waals surface area contributed by atoms with Crippen molar-refractivity contribution in [3.8, 4) is 5.69 Å². The molecule has 35 heavy (non-hydrogen) atoms. The lowest BCUT2D eigenvalue weighted by Crippen LogP contribution is -2.42. The summed E-state index contributed by atoms with van der Waals surface area (Å²) < 4.78 is 26.3. The summed E-state index contributed by atoms with van der Waals surface area (Å²) in [5.41, 5.74) is 2.46. The molecule has 2 amide bonds. The lowest BCUT2D eigenvalue weighted by molar-refractivity contribution is 0.159. The Morgan fingerprint density at radius 1 is 1.11 bits per heavy atom. The van der Waals surface area contributed by atoms with Crippen molar-refractivity contribution in [2.75, 3.05) is 45.8 Å². The molecule has 4 rings (SSSR count). The second-order valence-corrected chi connectivity index (χ2v) is 9.20. The number of rotatable bonds is 9. The second kappa shape index (κ2) is 11.8. The number of halogens is 2. The van der Waals surface area contributed by atoms with Crippen LogP contribution in [0.3, 0.4) is 0 Å². The molecule has 2 heterocycles. The van der Waals surface area contributed by atoms with Crippen LogP contribution in [0.1, 0.15) is 17.2 Å². The number of aromatic nitrogens is 2. The summed E-state index contributed by atoms with van der Waals surface area (Å²) in [7, 11) is 3.26. The maximum atomic E-state index is 13.5. The van der Waals surface area contributed by atoms with E-state index in [2.05, 4.69) is 36.6 Å². The Bertz CT molecular complexity index is 1130. The molecule has 0 aliphatic carbocycles. The van der Waals surface area contributed by atoms with Gasteiger partial charge in [0.15, 0.2) is 5.82 Å². The second-order valence-electron chi connectivity index (χ2n) is 8.41. The van der Waals surface area contributed by atoms with Crippen molar-refractivity contribution in [3.63, 3.8) is 0 Å². The van der Waals surface area contributed by atoms with Crippen molar-refractivity contribution in [1.29, 1.82) is 0 Å². The highest BCUT2D eigenvalue weighted by Crippen LogP contribution is 2.31. The summed E-state index contributed by atoms with van der Waals surface area (Å²) in [6.45, 7) is 3.04. The van der Waals surface area contributed by atoms with Crippen LogP contribution in [0.4, 0.5) is 15.0 Å². The van der Waals surface area contributed by atoms with Crippen LogP contribution < -0.4 is 10.6 Å². The number of urea groups is 1. The van der Waals surface area contributed by atoms with E-state index in [4.69, 9.17) is 9.47 Å². The zero-order chi connectivity index (χ0) is 24.8. The lowest BCUT2D eigenvalue weighted by atomic mass is 9.94. The average Bonchev–Trinajstić information content (AvgIpc) is 3.40. The van der Waals surface area contributed by atoms with E-state index in [0.29, 0.717) is 35.7 Å². The van der Waals surface area contributed by atoms with Crippen LogP contribution in [0.15, 0.2) is 59.1 Å². The zero-order valence-corrected chi connectivity index (χ0v) is 21.3. The molecule has 0 bridgehead atoms. The summed E-state index contributed by atoms with van der Waals surface area (Å²) in [5.74, 6) is 0.245. The van der Waals surface area contributed by atoms with Crippen molar-refractivity contribution >= 4 is 27.8 Å². The van der Waals surface area contributed by atoms with E-state index >= 15 is 0 Å². The normalized spacial score (nSPS) is 18.1. The monoisotopic (exact) mass is 545 g/mol. The number of likely N-dealkylation sites (tertiary alicyclic amines) is 1. The van der Waals surface area contributed by atoms with Crippen molar-refractivity contribution in [2.24, 2.45) is 0 Å². The molecule has 2 aromatic carbocycles. The van der Waals surface area contributed by atoms with Gasteiger partial charge in [0, 0.05) is 39.8 Å². The number of carbonyl (C=O) groups is 1. The van der Waals surface area contributed by atoms with Crippen LogP contribution in [0, 0.1) is 5.82 Å². The Morgan fingerprint density at radius 2 is 1.86 bits per heavy atom. The van der Waals surface area contributed by atoms with Gasteiger partial charge in [0.05, 0.1) is 29.4 Å². The Hall–Kier alpha value is -2.79. The third-order valence-electron chi connectivity index (χ3n) is 6.03. The highest BCUT2D eigenvalue weighted by Gasteiger charge is 2.35. The third-order valence-corrected chi connectivity index (χ3v) is 6.86. The van der Waals surface area contributed by atoms with E-state index in [1.165, 1.54) is 12.1 Å². The number of methoxy groups -OCH3 is 2. The zero-order valence-electron chi connectivity index (χ0n) is 19.7. The van der Waals surface area contributed by atoms with Gasteiger partial charge in [0.25, 0.3) is 0 Å². The van der Waals surface area contributed by atoms with E-state index in [1.807, 2.05) is 30.3 Å². The molecule has 2 N–H and O–H groups in total. The molecule has 8 nitrogen and oxygen atoms in total. The van der Waals surface area contributed by atoms with E-state index in [1.54, 1.807) is 31.0 Å². The van der Waals surface area contributed by atoms with Crippen molar-refractivity contribution < 1.29 is 18.7 Å². The molecule has 2 atom stereocenters. The van der Waals surface area contributed by atoms with Gasteiger partial charge in [-0.05, 0) is 45.8 Å². The molecule has 0 radical (unpaired) electrons. The molecule has 3 aromatic rings. The SMILES string of the molecule is COCCN1CC(NC(=O)Nc2c(Br)c(COC)nn2-c2ccccc2)C(c2ccc(F)cc2)C1. The maximum absolute atomic E-state index is 13.5. The minimum atomic E-state index is -0.350. The molecule has 0 saturated carbocycles. The molecule has 0 spiro atoms. The van der Waals surface area contributed by atoms with Gasteiger partial charge in [0.1, 0.15) is 11.5 Å². The van der Waals surface area contributed by atoms with Gasteiger partial charge in [-0.3, -0.25) is 10.2 Å². The first-order valence-corrected chi connectivity index (χ1v) is 12.2.